The standard InChI is InChI=1S/C16H20BrFO/c17-14-11-15(16(14)8-3-1-2-4-9-16)19-13-7-5-6-12(18)10-13/h5-7,10,14-15H,1-4,8-9,11H2. The summed E-state index contributed by atoms with van der Waals surface area (Å²) in [5.41, 5.74) is 0.281. The van der Waals surface area contributed by atoms with E-state index < -0.39 is 0 Å². The molecule has 3 rings (SSSR count). The highest BCUT2D eigenvalue weighted by atomic mass is 79.9. The van der Waals surface area contributed by atoms with E-state index in [9.17, 15) is 4.39 Å². The molecular weight excluding hydrogens is 307 g/mol. The van der Waals surface area contributed by atoms with E-state index >= 15 is 0 Å². The molecule has 104 valence electrons. The number of alkyl halides is 1. The summed E-state index contributed by atoms with van der Waals surface area (Å²) in [5.74, 6) is 0.454. The Morgan fingerprint density at radius 1 is 1.16 bits per heavy atom. The average molecular weight is 327 g/mol. The second-order valence-corrected chi connectivity index (χ2v) is 7.02. The van der Waals surface area contributed by atoms with E-state index in [0.717, 1.165) is 6.42 Å². The molecule has 2 aliphatic carbocycles. The van der Waals surface area contributed by atoms with Gasteiger partial charge in [-0.2, -0.15) is 0 Å². The van der Waals surface area contributed by atoms with Crippen molar-refractivity contribution in [3.63, 3.8) is 0 Å². The largest absolute Gasteiger partial charge is 0.490 e. The fourth-order valence-electron chi connectivity index (χ4n) is 3.59. The SMILES string of the molecule is Fc1cccc(OC2CC(Br)C23CCCCCC3)c1. The molecular formula is C16H20BrFO. The maximum Gasteiger partial charge on any atom is 0.126 e. The van der Waals surface area contributed by atoms with Crippen LogP contribution >= 0.6 is 15.9 Å². The van der Waals surface area contributed by atoms with Crippen molar-refractivity contribution in [2.45, 2.75) is 55.9 Å². The fraction of sp³-hybridized carbons (Fsp3) is 0.625. The van der Waals surface area contributed by atoms with E-state index in [-0.39, 0.29) is 17.3 Å². The third-order valence-corrected chi connectivity index (χ3v) is 6.08. The Hall–Kier alpha value is -0.570. The maximum atomic E-state index is 13.2. The zero-order chi connectivity index (χ0) is 13.3. The predicted molar refractivity (Wildman–Crippen MR) is 78.3 cm³/mol. The van der Waals surface area contributed by atoms with Crippen LogP contribution in [0.4, 0.5) is 4.39 Å². The van der Waals surface area contributed by atoms with Crippen LogP contribution in [-0.4, -0.2) is 10.9 Å². The zero-order valence-corrected chi connectivity index (χ0v) is 12.7. The molecule has 1 aromatic carbocycles. The second kappa shape index (κ2) is 5.43. The molecule has 1 aromatic rings. The minimum Gasteiger partial charge on any atom is -0.490 e. The molecule has 0 heterocycles. The Morgan fingerprint density at radius 2 is 1.89 bits per heavy atom. The van der Waals surface area contributed by atoms with Crippen molar-refractivity contribution in [3.05, 3.63) is 30.1 Å². The summed E-state index contributed by atoms with van der Waals surface area (Å²) in [6, 6.07) is 6.53. The predicted octanol–water partition coefficient (Wildman–Crippen LogP) is 5.08. The summed E-state index contributed by atoms with van der Waals surface area (Å²) in [6.07, 6.45) is 9.04. The van der Waals surface area contributed by atoms with E-state index in [4.69, 9.17) is 4.74 Å². The molecule has 2 fully saturated rings. The van der Waals surface area contributed by atoms with Crippen LogP contribution in [0.2, 0.25) is 0 Å². The lowest BCUT2D eigenvalue weighted by molar-refractivity contribution is -0.0463. The van der Waals surface area contributed by atoms with Crippen molar-refractivity contribution in [3.8, 4) is 5.75 Å². The van der Waals surface area contributed by atoms with Gasteiger partial charge in [-0.3, -0.25) is 0 Å². The number of hydrogen-bond donors (Lipinski definition) is 0. The monoisotopic (exact) mass is 326 g/mol. The summed E-state index contributed by atoms with van der Waals surface area (Å²) >= 11 is 3.83. The van der Waals surface area contributed by atoms with Gasteiger partial charge in [-0.1, -0.05) is 47.7 Å². The quantitative estimate of drug-likeness (QED) is 0.688. The van der Waals surface area contributed by atoms with Gasteiger partial charge in [0.1, 0.15) is 17.7 Å². The van der Waals surface area contributed by atoms with Crippen molar-refractivity contribution >= 4 is 15.9 Å². The lowest BCUT2D eigenvalue weighted by Crippen LogP contribution is -2.56. The number of hydrogen-bond acceptors (Lipinski definition) is 1. The zero-order valence-electron chi connectivity index (χ0n) is 11.1. The van der Waals surface area contributed by atoms with Crippen LogP contribution in [0.25, 0.3) is 0 Å². The van der Waals surface area contributed by atoms with E-state index in [1.54, 1.807) is 6.07 Å². The van der Waals surface area contributed by atoms with E-state index in [0.29, 0.717) is 10.6 Å². The van der Waals surface area contributed by atoms with Gasteiger partial charge in [0.15, 0.2) is 0 Å². The molecule has 2 saturated carbocycles. The first-order valence-electron chi connectivity index (χ1n) is 7.27. The van der Waals surface area contributed by atoms with Crippen LogP contribution < -0.4 is 4.74 Å². The summed E-state index contributed by atoms with van der Waals surface area (Å²) in [7, 11) is 0. The molecule has 2 unspecified atom stereocenters. The van der Waals surface area contributed by atoms with Crippen molar-refractivity contribution in [1.82, 2.24) is 0 Å². The molecule has 3 heteroatoms. The van der Waals surface area contributed by atoms with Crippen LogP contribution in [0, 0.1) is 11.2 Å². The Bertz CT molecular complexity index is 440. The summed E-state index contributed by atoms with van der Waals surface area (Å²) in [4.78, 5) is 0.566. The lowest BCUT2D eigenvalue weighted by Gasteiger charge is -2.53. The maximum absolute atomic E-state index is 13.2. The number of ether oxygens (including phenoxy) is 1. The number of benzene rings is 1. The van der Waals surface area contributed by atoms with E-state index in [1.807, 2.05) is 6.07 Å². The first kappa shape index (κ1) is 13.4. The van der Waals surface area contributed by atoms with Crippen LogP contribution in [0.5, 0.6) is 5.75 Å². The normalized spacial score (nSPS) is 29.6. The van der Waals surface area contributed by atoms with Crippen LogP contribution in [0.15, 0.2) is 24.3 Å². The van der Waals surface area contributed by atoms with Crippen LogP contribution in [-0.2, 0) is 0 Å². The molecule has 0 amide bonds. The topological polar surface area (TPSA) is 9.23 Å². The summed E-state index contributed by atoms with van der Waals surface area (Å²) in [6.45, 7) is 0. The van der Waals surface area contributed by atoms with Gasteiger partial charge in [0.05, 0.1) is 0 Å². The minimum atomic E-state index is -0.220. The smallest absolute Gasteiger partial charge is 0.126 e. The number of rotatable bonds is 2. The molecule has 0 bridgehead atoms. The molecule has 2 atom stereocenters. The van der Waals surface area contributed by atoms with Crippen molar-refractivity contribution in [2.24, 2.45) is 5.41 Å². The first-order valence-corrected chi connectivity index (χ1v) is 8.19. The molecule has 0 aliphatic heterocycles. The Morgan fingerprint density at radius 3 is 2.53 bits per heavy atom. The summed E-state index contributed by atoms with van der Waals surface area (Å²) in [5, 5.41) is 0. The lowest BCUT2D eigenvalue weighted by atomic mass is 9.61. The molecule has 19 heavy (non-hydrogen) atoms. The molecule has 0 N–H and O–H groups in total. The Balaban J connectivity index is 1.74. The molecule has 0 radical (unpaired) electrons. The highest BCUT2D eigenvalue weighted by Gasteiger charge is 2.54. The fourth-order valence-corrected chi connectivity index (χ4v) is 4.68. The van der Waals surface area contributed by atoms with Crippen molar-refractivity contribution in [2.75, 3.05) is 0 Å². The van der Waals surface area contributed by atoms with Gasteiger partial charge in [0.25, 0.3) is 0 Å². The van der Waals surface area contributed by atoms with Gasteiger partial charge in [-0.25, -0.2) is 4.39 Å². The minimum absolute atomic E-state index is 0.220. The van der Waals surface area contributed by atoms with E-state index in [1.165, 1.54) is 50.7 Å². The molecule has 1 spiro atoms. The average Bonchev–Trinajstić information content (AvgIpc) is 2.66. The highest BCUT2D eigenvalue weighted by Crippen LogP contribution is 2.55. The molecule has 0 saturated heterocycles. The first-order chi connectivity index (χ1) is 9.21. The van der Waals surface area contributed by atoms with Gasteiger partial charge in [0, 0.05) is 16.3 Å². The van der Waals surface area contributed by atoms with Gasteiger partial charge in [-0.05, 0) is 31.4 Å². The van der Waals surface area contributed by atoms with E-state index in [2.05, 4.69) is 15.9 Å². The Labute approximate surface area is 122 Å². The molecule has 2 aliphatic rings. The van der Waals surface area contributed by atoms with Gasteiger partial charge < -0.3 is 4.74 Å². The molecule has 1 nitrogen and oxygen atoms in total. The highest BCUT2D eigenvalue weighted by molar-refractivity contribution is 9.09. The van der Waals surface area contributed by atoms with Crippen LogP contribution in [0.3, 0.4) is 0 Å². The third-order valence-electron chi connectivity index (χ3n) is 4.79. The van der Waals surface area contributed by atoms with Crippen LogP contribution in [0.1, 0.15) is 44.9 Å². The molecule has 0 aromatic heterocycles. The second-order valence-electron chi connectivity index (χ2n) is 5.91. The number of halogens is 2. The third kappa shape index (κ3) is 2.54. The summed E-state index contributed by atoms with van der Waals surface area (Å²) < 4.78 is 19.3. The Kier molecular flexibility index (Phi) is 3.84. The van der Waals surface area contributed by atoms with Gasteiger partial charge in [-0.15, -0.1) is 0 Å². The van der Waals surface area contributed by atoms with Gasteiger partial charge >= 0.3 is 0 Å². The van der Waals surface area contributed by atoms with Crippen molar-refractivity contribution < 1.29 is 9.13 Å². The van der Waals surface area contributed by atoms with Crippen molar-refractivity contribution in [1.29, 1.82) is 0 Å². The van der Waals surface area contributed by atoms with Gasteiger partial charge in [0.2, 0.25) is 0 Å².